The van der Waals surface area contributed by atoms with E-state index in [4.69, 9.17) is 19.1 Å². The molecule has 0 fully saturated rings. The van der Waals surface area contributed by atoms with E-state index in [1.165, 1.54) is 0 Å². The van der Waals surface area contributed by atoms with Crippen LogP contribution in [-0.4, -0.2) is 15.0 Å². The maximum atomic E-state index is 8.88. The molecule has 0 radical (unpaired) electrons. The predicted octanol–water partition coefficient (Wildman–Crippen LogP) is 18.5. The molecule has 12 rings (SSSR count). The van der Waals surface area contributed by atoms with Crippen molar-refractivity contribution < 1.29 is 4.11 Å². The number of nitrogens with zero attached hydrogens (tertiary/aromatic N) is 3. The van der Waals surface area contributed by atoms with Gasteiger partial charge in [0.25, 0.3) is 0 Å². The Hall–Kier alpha value is -9.57. The first kappa shape index (κ1) is 41.2. The first-order chi connectivity index (χ1) is 37.3. The molecule has 12 aromatic rings. The number of pyridine rings is 3. The molecule has 3 heteroatoms. The molecule has 3 aromatic heterocycles. The second-order valence-corrected chi connectivity index (χ2v) is 18.1. The molecule has 0 aliphatic heterocycles. The third-order valence-electron chi connectivity index (χ3n) is 13.6. The molecule has 0 saturated heterocycles. The Kier molecular flexibility index (Phi) is 11.3. The summed E-state index contributed by atoms with van der Waals surface area (Å²) in [5.41, 5.74) is 21.0. The highest BCUT2D eigenvalue weighted by Gasteiger charge is 2.21. The van der Waals surface area contributed by atoms with Gasteiger partial charge in [0.05, 0.1) is 17.1 Å². The summed E-state index contributed by atoms with van der Waals surface area (Å²) in [4.78, 5) is 15.2. The van der Waals surface area contributed by atoms with E-state index in [2.05, 4.69) is 158 Å². The first-order valence-corrected chi connectivity index (χ1v) is 24.6. The van der Waals surface area contributed by atoms with Crippen molar-refractivity contribution in [3.8, 4) is 123 Å². The summed E-state index contributed by atoms with van der Waals surface area (Å²) >= 11 is 0. The van der Waals surface area contributed by atoms with Crippen LogP contribution in [0.4, 0.5) is 0 Å². The number of aryl methyl sites for hydroxylation is 1. The molecule has 0 amide bonds. The quantitative estimate of drug-likeness (QED) is 0.130. The van der Waals surface area contributed by atoms with Gasteiger partial charge in [-0.25, -0.2) is 0 Å². The van der Waals surface area contributed by atoms with Gasteiger partial charge >= 0.3 is 0 Å². The fourth-order valence-electron chi connectivity index (χ4n) is 10.0. The zero-order valence-corrected chi connectivity index (χ0v) is 39.9. The Balaban J connectivity index is 1.10. The molecule has 0 spiro atoms. The summed E-state index contributed by atoms with van der Waals surface area (Å²) in [6.07, 6.45) is 5.75. The molecule has 0 unspecified atom stereocenters. The van der Waals surface area contributed by atoms with Gasteiger partial charge in [0.1, 0.15) is 0 Å². The van der Waals surface area contributed by atoms with Crippen LogP contribution in [0.1, 0.15) is 9.68 Å². The van der Waals surface area contributed by atoms with Crippen LogP contribution in [-0.2, 0) is 0 Å². The normalized spacial score (nSPS) is 11.9. The summed E-state index contributed by atoms with van der Waals surface area (Å²) in [5, 5.41) is 0. The average molecular weight is 935 g/mol. The van der Waals surface area contributed by atoms with Crippen LogP contribution in [0.25, 0.3) is 123 Å². The molecule has 0 bridgehead atoms. The van der Waals surface area contributed by atoms with Crippen molar-refractivity contribution in [2.75, 3.05) is 0 Å². The van der Waals surface area contributed by atoms with E-state index in [1.54, 1.807) is 12.3 Å². The highest BCUT2D eigenvalue weighted by Crippen LogP contribution is 2.46. The summed E-state index contributed by atoms with van der Waals surface area (Å²) < 4.78 is 26.6. The smallest absolute Gasteiger partial charge is 0.0708 e. The molecular weight excluding hydrogens is 883 g/mol. The third kappa shape index (κ3) is 9.08. The van der Waals surface area contributed by atoms with Crippen LogP contribution in [0, 0.1) is 6.85 Å². The Morgan fingerprint density at radius 2 is 0.493 bits per heavy atom. The van der Waals surface area contributed by atoms with Gasteiger partial charge < -0.3 is 0 Å². The zero-order chi connectivity index (χ0) is 51.4. The molecule has 3 heterocycles. The maximum absolute atomic E-state index is 8.88. The molecule has 9 aromatic carbocycles. The second kappa shape index (κ2) is 20.0. The van der Waals surface area contributed by atoms with E-state index < -0.39 is 6.85 Å². The number of rotatable bonds is 11. The van der Waals surface area contributed by atoms with E-state index in [1.807, 2.05) is 109 Å². The zero-order valence-electron chi connectivity index (χ0n) is 42.9. The van der Waals surface area contributed by atoms with Crippen LogP contribution >= 0.6 is 0 Å². The largest absolute Gasteiger partial charge is 0.256 e. The Morgan fingerprint density at radius 1 is 0.219 bits per heavy atom. The minimum Gasteiger partial charge on any atom is -0.256 e. The Morgan fingerprint density at radius 3 is 0.836 bits per heavy atom. The van der Waals surface area contributed by atoms with Gasteiger partial charge in [-0.05, 0) is 121 Å². The van der Waals surface area contributed by atoms with Crippen molar-refractivity contribution in [1.82, 2.24) is 15.0 Å². The topological polar surface area (TPSA) is 38.7 Å². The molecule has 0 N–H and O–H groups in total. The highest BCUT2D eigenvalue weighted by molar-refractivity contribution is 5.98. The molecule has 0 saturated carbocycles. The molecule has 0 aliphatic rings. The fourth-order valence-corrected chi connectivity index (χ4v) is 10.0. The maximum Gasteiger partial charge on any atom is 0.0708 e. The van der Waals surface area contributed by atoms with Crippen LogP contribution < -0.4 is 0 Å². The van der Waals surface area contributed by atoms with Crippen LogP contribution in [0.15, 0.2) is 279 Å². The van der Waals surface area contributed by atoms with Gasteiger partial charge in [-0.2, -0.15) is 0 Å². The third-order valence-corrected chi connectivity index (χ3v) is 13.6. The van der Waals surface area contributed by atoms with E-state index in [0.29, 0.717) is 11.3 Å². The summed E-state index contributed by atoms with van der Waals surface area (Å²) in [6.45, 7) is -2.43. The Labute approximate surface area is 431 Å². The molecule has 0 aliphatic carbocycles. The first-order valence-electron chi connectivity index (χ1n) is 26.1. The molecule has 3 nitrogen and oxygen atoms in total. The summed E-state index contributed by atoms with van der Waals surface area (Å²) in [6, 6.07) is 89.5. The molecular formula is C70H49N3. The van der Waals surface area contributed by atoms with E-state index in [0.717, 1.165) is 112 Å². The predicted molar refractivity (Wildman–Crippen MR) is 304 cm³/mol. The second-order valence-electron chi connectivity index (χ2n) is 18.1. The molecule has 0 atom stereocenters. The van der Waals surface area contributed by atoms with Crippen LogP contribution in [0.5, 0.6) is 0 Å². The van der Waals surface area contributed by atoms with Gasteiger partial charge in [-0.1, -0.05) is 224 Å². The number of benzene rings is 9. The number of hydrogen-bond acceptors (Lipinski definition) is 3. The standard InChI is InChI=1S/C70H49N3/c1-48-39-68(51-27-11-4-12-28-51)71-45-65(48)60-36-20-17-33-57(60)54-40-55(58-34-18-21-37-61(58)66-46-72-69(52-29-13-5-14-30-52)43-63(66)49-23-7-2-8-24-49)42-56(41-54)59-35-19-22-38-62(59)67-47-73-70(53-31-15-6-16-32-53)44-64(67)50-25-9-3-10-26-50/h2-47H,1H3/i1D3. The van der Waals surface area contributed by atoms with Gasteiger partial charge in [0, 0.05) is 56.1 Å². The minimum absolute atomic E-state index is 0.237. The average Bonchev–Trinajstić information content (AvgIpc) is 3.51. The lowest BCUT2D eigenvalue weighted by Crippen LogP contribution is -1.96. The highest BCUT2D eigenvalue weighted by atomic mass is 14.7. The van der Waals surface area contributed by atoms with E-state index in [9.17, 15) is 0 Å². The Bertz CT molecular complexity index is 3820. The van der Waals surface area contributed by atoms with Gasteiger partial charge in [-0.15, -0.1) is 0 Å². The number of aromatic nitrogens is 3. The van der Waals surface area contributed by atoms with Crippen LogP contribution in [0.2, 0.25) is 0 Å². The lowest BCUT2D eigenvalue weighted by molar-refractivity contribution is 1.29. The monoisotopic (exact) mass is 934 g/mol. The lowest BCUT2D eigenvalue weighted by Gasteiger charge is -2.20. The van der Waals surface area contributed by atoms with Gasteiger partial charge in [0.15, 0.2) is 0 Å². The van der Waals surface area contributed by atoms with Gasteiger partial charge in [-0.3, -0.25) is 15.0 Å². The number of hydrogen-bond donors (Lipinski definition) is 0. The molecule has 344 valence electrons. The van der Waals surface area contributed by atoms with Crippen molar-refractivity contribution in [3.05, 3.63) is 285 Å². The minimum atomic E-state index is -2.43. The summed E-state index contributed by atoms with van der Waals surface area (Å²) in [7, 11) is 0. The van der Waals surface area contributed by atoms with E-state index >= 15 is 0 Å². The van der Waals surface area contributed by atoms with Gasteiger partial charge in [0.2, 0.25) is 0 Å². The van der Waals surface area contributed by atoms with E-state index in [-0.39, 0.29) is 5.56 Å². The lowest BCUT2D eigenvalue weighted by atomic mass is 9.84. The van der Waals surface area contributed by atoms with Crippen molar-refractivity contribution in [1.29, 1.82) is 0 Å². The van der Waals surface area contributed by atoms with Crippen molar-refractivity contribution in [2.45, 2.75) is 6.85 Å². The van der Waals surface area contributed by atoms with Crippen molar-refractivity contribution in [3.63, 3.8) is 0 Å². The van der Waals surface area contributed by atoms with Crippen LogP contribution in [0.3, 0.4) is 0 Å². The SMILES string of the molecule is [2H]C([2H])([2H])c1cc(-c2ccccc2)ncc1-c1ccccc1-c1cc(-c2ccccc2-c2cnc(-c3ccccc3)cc2-c2ccccc2)cc(-c2ccccc2-c2cnc(-c3ccccc3)cc2-c2ccccc2)c1. The van der Waals surface area contributed by atoms with Crippen molar-refractivity contribution in [2.24, 2.45) is 0 Å². The summed E-state index contributed by atoms with van der Waals surface area (Å²) in [5.74, 6) is 0. The fraction of sp³-hybridized carbons (Fsp3) is 0.0143. The van der Waals surface area contributed by atoms with Crippen molar-refractivity contribution >= 4 is 0 Å². The molecule has 73 heavy (non-hydrogen) atoms.